The number of aryl methyl sites for hydroxylation is 1. The lowest BCUT2D eigenvalue weighted by Crippen LogP contribution is -2.55. The minimum Gasteiger partial charge on any atom is -0.508 e. The molecule has 49 heavy (non-hydrogen) atoms. The van der Waals surface area contributed by atoms with Crippen LogP contribution >= 0.6 is 0 Å². The second-order valence-electron chi connectivity index (χ2n) is 13.9. The minimum atomic E-state index is -1.30. The number of carbonyl (C=O) groups is 4. The van der Waals surface area contributed by atoms with Gasteiger partial charge in [-0.15, -0.1) is 6.58 Å². The number of phenols is 1. The number of nitrogens with zero attached hydrogens (tertiary/aromatic N) is 1. The van der Waals surface area contributed by atoms with Crippen molar-refractivity contribution in [2.45, 2.75) is 90.6 Å². The summed E-state index contributed by atoms with van der Waals surface area (Å²) in [4.78, 5) is 56.9. The number of hydrogen-bond acceptors (Lipinski definition) is 7. The summed E-state index contributed by atoms with van der Waals surface area (Å²) in [6, 6.07) is 19.4. The Kier molecular flexibility index (Phi) is 13.2. The molecule has 3 unspecified atom stereocenters. The van der Waals surface area contributed by atoms with Gasteiger partial charge in [0.15, 0.2) is 0 Å². The van der Waals surface area contributed by atoms with E-state index in [1.807, 2.05) is 60.7 Å². The number of rotatable bonds is 13. The third-order valence-electron chi connectivity index (χ3n) is 7.27. The lowest BCUT2D eigenvalue weighted by molar-refractivity contribution is -0.159. The molecule has 262 valence electrons. The number of benzene rings is 3. The van der Waals surface area contributed by atoms with Crippen LogP contribution < -0.4 is 10.6 Å². The third kappa shape index (κ3) is 12.1. The van der Waals surface area contributed by atoms with E-state index in [0.29, 0.717) is 11.1 Å². The number of carbonyl (C=O) groups excluding carboxylic acids is 4. The molecule has 0 radical (unpaired) electrons. The van der Waals surface area contributed by atoms with Crippen LogP contribution in [0.1, 0.15) is 69.8 Å². The van der Waals surface area contributed by atoms with Crippen LogP contribution in [-0.2, 0) is 36.7 Å². The first-order valence-electron chi connectivity index (χ1n) is 16.3. The molecular formula is C39H49N3O7. The van der Waals surface area contributed by atoms with E-state index in [1.54, 1.807) is 60.6 Å². The van der Waals surface area contributed by atoms with E-state index >= 15 is 0 Å². The van der Waals surface area contributed by atoms with Crippen LogP contribution in [0.2, 0.25) is 0 Å². The van der Waals surface area contributed by atoms with Crippen LogP contribution in [0.4, 0.5) is 4.79 Å². The van der Waals surface area contributed by atoms with E-state index in [2.05, 4.69) is 17.2 Å². The summed E-state index contributed by atoms with van der Waals surface area (Å²) in [5, 5.41) is 15.9. The first-order chi connectivity index (χ1) is 23.0. The summed E-state index contributed by atoms with van der Waals surface area (Å²) in [6.07, 6.45) is 0.919. The molecule has 3 amide bonds. The van der Waals surface area contributed by atoms with Gasteiger partial charge in [-0.05, 0) is 82.9 Å². The van der Waals surface area contributed by atoms with Gasteiger partial charge in [0.1, 0.15) is 35.1 Å². The molecule has 0 aliphatic rings. The van der Waals surface area contributed by atoms with Crippen molar-refractivity contribution < 1.29 is 33.8 Å². The molecule has 3 rings (SSSR count). The van der Waals surface area contributed by atoms with Gasteiger partial charge in [-0.1, -0.05) is 72.8 Å². The van der Waals surface area contributed by atoms with Gasteiger partial charge < -0.3 is 30.1 Å². The average molecular weight is 672 g/mol. The van der Waals surface area contributed by atoms with Crippen molar-refractivity contribution in [3.8, 4) is 5.75 Å². The average Bonchev–Trinajstić information content (AvgIpc) is 3.01. The fourth-order valence-electron chi connectivity index (χ4n) is 5.15. The van der Waals surface area contributed by atoms with Gasteiger partial charge in [0.05, 0.1) is 0 Å². The maximum Gasteiger partial charge on any atom is 0.408 e. The molecule has 10 heteroatoms. The van der Waals surface area contributed by atoms with E-state index in [0.717, 1.165) is 11.1 Å². The SMILES string of the molecule is C=CCN(C(=O)C(Cc1ccccc1)NC(=O)OC(C)(C)C)C(C(=O)NC(Cc1ccccc1)C(=O)OC(C)(C)C)c1ccc(O)c(C)c1. The van der Waals surface area contributed by atoms with Gasteiger partial charge in [-0.2, -0.15) is 0 Å². The fourth-order valence-corrected chi connectivity index (χ4v) is 5.15. The molecule has 0 spiro atoms. The third-order valence-corrected chi connectivity index (χ3v) is 7.27. The Morgan fingerprint density at radius 2 is 1.33 bits per heavy atom. The molecule has 3 atom stereocenters. The maximum atomic E-state index is 14.6. The minimum absolute atomic E-state index is 0.00811. The van der Waals surface area contributed by atoms with Gasteiger partial charge in [0, 0.05) is 19.4 Å². The van der Waals surface area contributed by atoms with E-state index in [9.17, 15) is 24.3 Å². The number of nitrogens with one attached hydrogen (secondary N) is 2. The van der Waals surface area contributed by atoms with Gasteiger partial charge in [-0.25, -0.2) is 9.59 Å². The predicted octanol–water partition coefficient (Wildman–Crippen LogP) is 5.96. The molecule has 0 saturated carbocycles. The van der Waals surface area contributed by atoms with Crippen molar-refractivity contribution in [3.05, 3.63) is 114 Å². The molecule has 3 N–H and O–H groups in total. The van der Waals surface area contributed by atoms with Crippen LogP contribution in [0, 0.1) is 6.92 Å². The first-order valence-corrected chi connectivity index (χ1v) is 16.3. The number of hydrogen-bond donors (Lipinski definition) is 3. The Balaban J connectivity index is 2.10. The molecule has 0 aliphatic carbocycles. The first kappa shape index (κ1) is 38.3. The molecule has 0 bridgehead atoms. The predicted molar refractivity (Wildman–Crippen MR) is 189 cm³/mol. The highest BCUT2D eigenvalue weighted by molar-refractivity contribution is 5.94. The summed E-state index contributed by atoms with van der Waals surface area (Å²) < 4.78 is 11.2. The van der Waals surface area contributed by atoms with Crippen molar-refractivity contribution in [2.24, 2.45) is 0 Å². The van der Waals surface area contributed by atoms with Gasteiger partial charge in [0.25, 0.3) is 0 Å². The van der Waals surface area contributed by atoms with E-state index in [-0.39, 0.29) is 25.1 Å². The van der Waals surface area contributed by atoms with Crippen molar-refractivity contribution in [1.82, 2.24) is 15.5 Å². The number of phenolic OH excluding ortho intramolecular Hbond substituents is 1. The Labute approximate surface area is 289 Å². The summed E-state index contributed by atoms with van der Waals surface area (Å²) in [6.45, 7) is 15.8. The van der Waals surface area contributed by atoms with Crippen molar-refractivity contribution >= 4 is 23.9 Å². The Morgan fingerprint density at radius 1 is 0.796 bits per heavy atom. The highest BCUT2D eigenvalue weighted by atomic mass is 16.6. The Hall–Kier alpha value is -5.12. The van der Waals surface area contributed by atoms with Crippen molar-refractivity contribution in [2.75, 3.05) is 6.54 Å². The summed E-state index contributed by atoms with van der Waals surface area (Å²) in [5.41, 5.74) is 0.757. The normalized spacial score (nSPS) is 13.3. The largest absolute Gasteiger partial charge is 0.508 e. The molecule has 3 aromatic carbocycles. The summed E-state index contributed by atoms with van der Waals surface area (Å²) >= 11 is 0. The number of esters is 1. The lowest BCUT2D eigenvalue weighted by atomic mass is 9.98. The maximum absolute atomic E-state index is 14.6. The highest BCUT2D eigenvalue weighted by Gasteiger charge is 2.38. The molecule has 3 aromatic rings. The highest BCUT2D eigenvalue weighted by Crippen LogP contribution is 2.28. The van der Waals surface area contributed by atoms with Gasteiger partial charge in [-0.3, -0.25) is 9.59 Å². The van der Waals surface area contributed by atoms with E-state index < -0.39 is 53.2 Å². The Bertz CT molecular complexity index is 1590. The molecule has 0 fully saturated rings. The smallest absolute Gasteiger partial charge is 0.408 e. The zero-order valence-electron chi connectivity index (χ0n) is 29.5. The Morgan fingerprint density at radius 3 is 1.82 bits per heavy atom. The molecule has 0 aliphatic heterocycles. The summed E-state index contributed by atoms with van der Waals surface area (Å²) in [5.74, 6) is -1.88. The number of ether oxygens (including phenoxy) is 2. The van der Waals surface area contributed by atoms with Crippen LogP contribution in [0.25, 0.3) is 0 Å². The van der Waals surface area contributed by atoms with E-state index in [1.165, 1.54) is 17.0 Å². The summed E-state index contributed by atoms with van der Waals surface area (Å²) in [7, 11) is 0. The second kappa shape index (κ2) is 16.8. The quantitative estimate of drug-likeness (QED) is 0.151. The van der Waals surface area contributed by atoms with Crippen LogP contribution in [0.5, 0.6) is 5.75 Å². The second-order valence-corrected chi connectivity index (χ2v) is 13.9. The van der Waals surface area contributed by atoms with Crippen LogP contribution in [-0.4, -0.2) is 63.7 Å². The van der Waals surface area contributed by atoms with E-state index in [4.69, 9.17) is 9.47 Å². The lowest BCUT2D eigenvalue weighted by Gasteiger charge is -2.35. The number of alkyl carbamates (subject to hydrolysis) is 1. The number of amides is 3. The van der Waals surface area contributed by atoms with Gasteiger partial charge in [0.2, 0.25) is 11.8 Å². The van der Waals surface area contributed by atoms with Crippen molar-refractivity contribution in [3.63, 3.8) is 0 Å². The fraction of sp³-hybridized carbons (Fsp3) is 0.385. The monoisotopic (exact) mass is 671 g/mol. The zero-order chi connectivity index (χ0) is 36.4. The van der Waals surface area contributed by atoms with Crippen molar-refractivity contribution in [1.29, 1.82) is 0 Å². The zero-order valence-corrected chi connectivity index (χ0v) is 29.5. The van der Waals surface area contributed by atoms with Gasteiger partial charge >= 0.3 is 12.1 Å². The van der Waals surface area contributed by atoms with Crippen LogP contribution in [0.15, 0.2) is 91.5 Å². The van der Waals surface area contributed by atoms with Crippen LogP contribution in [0.3, 0.4) is 0 Å². The standard InChI is InChI=1S/C39H49N3O7/c1-9-22-42(35(45)30(24-27-16-12-10-13-17-27)41-37(47)49-39(6,7)8)33(29-20-21-32(43)26(2)23-29)34(44)40-31(36(46)48-38(3,4)5)25-28-18-14-11-15-19-28/h9-21,23,30-31,33,43H,1,22,24-25H2,2-8H3,(H,40,44)(H,41,47). The molecule has 0 aromatic heterocycles. The number of aromatic hydroxyl groups is 1. The topological polar surface area (TPSA) is 134 Å². The molecule has 0 saturated heterocycles. The molecule has 10 nitrogen and oxygen atoms in total. The molecular weight excluding hydrogens is 622 g/mol. The molecule has 0 heterocycles.